The Balaban J connectivity index is 1.91. The molecular formula is C23H23N3OS. The number of aromatic nitrogens is 2. The Morgan fingerprint density at radius 2 is 2.07 bits per heavy atom. The van der Waals surface area contributed by atoms with Gasteiger partial charge in [-0.15, -0.1) is 0 Å². The van der Waals surface area contributed by atoms with Crippen LogP contribution in [0.3, 0.4) is 0 Å². The normalized spacial score (nSPS) is 13.1. The molecule has 5 rings (SSSR count). The highest BCUT2D eigenvalue weighted by Gasteiger charge is 2.22. The summed E-state index contributed by atoms with van der Waals surface area (Å²) in [6, 6.07) is 8.65. The minimum Gasteiger partial charge on any atom is -0.493 e. The van der Waals surface area contributed by atoms with Crippen molar-refractivity contribution in [2.24, 2.45) is 0 Å². The maximum atomic E-state index is 5.93. The number of pyridine rings is 1. The third-order valence-corrected chi connectivity index (χ3v) is 6.83. The Hall–Kier alpha value is -2.66. The van der Waals surface area contributed by atoms with Gasteiger partial charge in [0.25, 0.3) is 0 Å². The van der Waals surface area contributed by atoms with Gasteiger partial charge in [-0.3, -0.25) is 4.98 Å². The van der Waals surface area contributed by atoms with Gasteiger partial charge in [0.15, 0.2) is 5.13 Å². The number of aryl methyl sites for hydroxylation is 1. The molecular weight excluding hydrogens is 366 g/mol. The molecule has 0 atom stereocenters. The lowest BCUT2D eigenvalue weighted by atomic mass is 9.90. The van der Waals surface area contributed by atoms with Crippen molar-refractivity contribution in [2.45, 2.75) is 26.7 Å². The molecule has 4 aromatic rings. The van der Waals surface area contributed by atoms with Crippen molar-refractivity contribution in [1.82, 2.24) is 9.97 Å². The van der Waals surface area contributed by atoms with E-state index in [9.17, 15) is 0 Å². The summed E-state index contributed by atoms with van der Waals surface area (Å²) >= 11 is 1.76. The van der Waals surface area contributed by atoms with Crippen LogP contribution in [0.4, 0.5) is 5.13 Å². The molecule has 0 bridgehead atoms. The molecule has 0 fully saturated rings. The van der Waals surface area contributed by atoms with Gasteiger partial charge in [-0.2, -0.15) is 0 Å². The van der Waals surface area contributed by atoms with E-state index >= 15 is 0 Å². The van der Waals surface area contributed by atoms with E-state index in [2.05, 4.69) is 43.0 Å². The van der Waals surface area contributed by atoms with Crippen molar-refractivity contribution in [2.75, 3.05) is 25.6 Å². The molecule has 0 spiro atoms. The Morgan fingerprint density at radius 3 is 2.86 bits per heavy atom. The molecule has 0 unspecified atom stereocenters. The van der Waals surface area contributed by atoms with E-state index in [1.807, 2.05) is 20.3 Å². The summed E-state index contributed by atoms with van der Waals surface area (Å²) in [7, 11) is 4.10. The lowest BCUT2D eigenvalue weighted by Crippen LogP contribution is -2.09. The third-order valence-electron chi connectivity index (χ3n) is 5.57. The largest absolute Gasteiger partial charge is 0.493 e. The van der Waals surface area contributed by atoms with Crippen LogP contribution in [0.15, 0.2) is 30.5 Å². The first-order valence-corrected chi connectivity index (χ1v) is 10.5. The van der Waals surface area contributed by atoms with Crippen LogP contribution in [-0.2, 0) is 12.8 Å². The number of nitrogens with zero attached hydrogens (tertiary/aromatic N) is 3. The van der Waals surface area contributed by atoms with Gasteiger partial charge < -0.3 is 9.64 Å². The maximum absolute atomic E-state index is 5.93. The van der Waals surface area contributed by atoms with Crippen LogP contribution in [-0.4, -0.2) is 30.7 Å². The summed E-state index contributed by atoms with van der Waals surface area (Å²) in [5, 5.41) is 2.20. The second-order valence-corrected chi connectivity index (χ2v) is 8.52. The van der Waals surface area contributed by atoms with Gasteiger partial charge in [0.05, 0.1) is 22.3 Å². The van der Waals surface area contributed by atoms with E-state index in [-0.39, 0.29) is 0 Å². The van der Waals surface area contributed by atoms with Crippen molar-refractivity contribution in [3.63, 3.8) is 0 Å². The van der Waals surface area contributed by atoms with Crippen molar-refractivity contribution in [3.8, 4) is 16.9 Å². The van der Waals surface area contributed by atoms with Crippen LogP contribution in [0.5, 0.6) is 5.75 Å². The number of ether oxygens (including phenoxy) is 1. The second-order valence-electron chi connectivity index (χ2n) is 7.54. The average molecular weight is 390 g/mol. The van der Waals surface area contributed by atoms with Gasteiger partial charge in [0.1, 0.15) is 5.75 Å². The molecule has 2 aromatic carbocycles. The summed E-state index contributed by atoms with van der Waals surface area (Å²) in [6.07, 6.45) is 3.85. The zero-order valence-corrected chi connectivity index (χ0v) is 17.5. The molecule has 1 aliphatic heterocycles. The van der Waals surface area contributed by atoms with Gasteiger partial charge in [-0.1, -0.05) is 18.3 Å². The number of thiazole rings is 1. The summed E-state index contributed by atoms with van der Waals surface area (Å²) in [4.78, 5) is 11.8. The first kappa shape index (κ1) is 17.4. The van der Waals surface area contributed by atoms with Crippen LogP contribution in [0.1, 0.15) is 23.6 Å². The zero-order valence-electron chi connectivity index (χ0n) is 16.7. The van der Waals surface area contributed by atoms with Gasteiger partial charge in [0, 0.05) is 43.2 Å². The van der Waals surface area contributed by atoms with Gasteiger partial charge >= 0.3 is 0 Å². The molecule has 0 N–H and O–H groups in total. The zero-order chi connectivity index (χ0) is 19.4. The van der Waals surface area contributed by atoms with Gasteiger partial charge in [0.2, 0.25) is 0 Å². The number of anilines is 1. The molecule has 1 aliphatic rings. The highest BCUT2D eigenvalue weighted by atomic mass is 32.1. The van der Waals surface area contributed by atoms with Crippen LogP contribution >= 0.6 is 11.3 Å². The fourth-order valence-electron chi connectivity index (χ4n) is 4.26. The van der Waals surface area contributed by atoms with Crippen LogP contribution in [0.2, 0.25) is 0 Å². The lowest BCUT2D eigenvalue weighted by molar-refractivity contribution is 0.318. The molecule has 142 valence electrons. The molecule has 28 heavy (non-hydrogen) atoms. The lowest BCUT2D eigenvalue weighted by Gasteiger charge is -2.21. The minimum atomic E-state index is 0.737. The maximum Gasteiger partial charge on any atom is 0.185 e. The van der Waals surface area contributed by atoms with Crippen molar-refractivity contribution < 1.29 is 4.74 Å². The Kier molecular flexibility index (Phi) is 4.02. The van der Waals surface area contributed by atoms with Crippen molar-refractivity contribution in [1.29, 1.82) is 0 Å². The van der Waals surface area contributed by atoms with E-state index in [1.54, 1.807) is 11.3 Å². The van der Waals surface area contributed by atoms with Gasteiger partial charge in [-0.05, 0) is 54.3 Å². The first-order valence-electron chi connectivity index (χ1n) is 9.72. The predicted molar refractivity (Wildman–Crippen MR) is 118 cm³/mol. The molecule has 0 aliphatic carbocycles. The Bertz CT molecular complexity index is 1220. The number of hydrogen-bond acceptors (Lipinski definition) is 5. The van der Waals surface area contributed by atoms with Crippen LogP contribution < -0.4 is 9.64 Å². The number of rotatable bonds is 3. The average Bonchev–Trinajstić information content (AvgIpc) is 3.12. The van der Waals surface area contributed by atoms with Gasteiger partial charge in [-0.25, -0.2) is 4.98 Å². The molecule has 0 saturated carbocycles. The molecule has 2 aromatic heterocycles. The number of hydrogen-bond donors (Lipinski definition) is 0. The van der Waals surface area contributed by atoms with E-state index in [1.165, 1.54) is 37.9 Å². The SMILES string of the molecule is CCc1c(C)cc2nc(N(C)C)sc2c1-c1ccc2c3c(ccnc13)CCO2. The van der Waals surface area contributed by atoms with Crippen molar-refractivity contribution in [3.05, 3.63) is 47.2 Å². The first-order chi connectivity index (χ1) is 13.6. The van der Waals surface area contributed by atoms with E-state index < -0.39 is 0 Å². The molecule has 5 heteroatoms. The summed E-state index contributed by atoms with van der Waals surface area (Å²) in [6.45, 7) is 5.16. The number of benzene rings is 2. The fraction of sp³-hybridized carbons (Fsp3) is 0.304. The monoisotopic (exact) mass is 389 g/mol. The minimum absolute atomic E-state index is 0.737. The molecule has 3 heterocycles. The Morgan fingerprint density at radius 1 is 1.21 bits per heavy atom. The fourth-order valence-corrected chi connectivity index (χ4v) is 5.31. The second kappa shape index (κ2) is 6.45. The molecule has 0 amide bonds. The summed E-state index contributed by atoms with van der Waals surface area (Å²) in [5.41, 5.74) is 8.56. The van der Waals surface area contributed by atoms with Crippen LogP contribution in [0, 0.1) is 6.92 Å². The molecule has 0 saturated heterocycles. The third kappa shape index (κ3) is 2.49. The van der Waals surface area contributed by atoms with Crippen LogP contribution in [0.25, 0.3) is 32.2 Å². The van der Waals surface area contributed by atoms with E-state index in [4.69, 9.17) is 14.7 Å². The quantitative estimate of drug-likeness (QED) is 0.471. The highest BCUT2D eigenvalue weighted by molar-refractivity contribution is 7.22. The topological polar surface area (TPSA) is 38.2 Å². The standard InChI is InChI=1S/C23H23N3OS/c1-5-15-13(2)12-17-22(28-23(25-17)26(3)4)20(15)16-6-7-18-19-14(9-11-27-18)8-10-24-21(16)19/h6-8,10,12H,5,9,11H2,1-4H3. The molecule has 4 nitrogen and oxygen atoms in total. The summed E-state index contributed by atoms with van der Waals surface area (Å²) in [5.74, 6) is 0.952. The summed E-state index contributed by atoms with van der Waals surface area (Å²) < 4.78 is 7.17. The van der Waals surface area contributed by atoms with E-state index in [0.29, 0.717) is 0 Å². The molecule has 0 radical (unpaired) electrons. The van der Waals surface area contributed by atoms with E-state index in [0.717, 1.165) is 41.4 Å². The highest BCUT2D eigenvalue weighted by Crippen LogP contribution is 2.44. The van der Waals surface area contributed by atoms with Crippen molar-refractivity contribution >= 4 is 37.6 Å². The number of fused-ring (bicyclic) bond motifs is 1. The predicted octanol–water partition coefficient (Wildman–Crippen LogP) is 5.38. The Labute approximate surface area is 168 Å². The smallest absolute Gasteiger partial charge is 0.185 e.